The van der Waals surface area contributed by atoms with Crippen molar-refractivity contribution >= 4 is 23.2 Å². The molecule has 0 aliphatic heterocycles. The van der Waals surface area contributed by atoms with Gasteiger partial charge in [-0.1, -0.05) is 0 Å². The van der Waals surface area contributed by atoms with Gasteiger partial charge in [0, 0.05) is 18.0 Å². The third kappa shape index (κ3) is 3.78. The quantitative estimate of drug-likeness (QED) is 0.788. The number of rotatable bonds is 6. The Hall–Kier alpha value is -1.47. The van der Waals surface area contributed by atoms with Crippen molar-refractivity contribution in [2.45, 2.75) is 25.4 Å². The van der Waals surface area contributed by atoms with Gasteiger partial charge in [-0.15, -0.1) is 11.3 Å². The summed E-state index contributed by atoms with van der Waals surface area (Å²) >= 11 is 1.10. The summed E-state index contributed by atoms with van der Waals surface area (Å²) in [7, 11) is 1.81. The molecule has 1 fully saturated rings. The normalized spacial score (nSPS) is 14.8. The van der Waals surface area contributed by atoms with Crippen molar-refractivity contribution in [1.29, 1.82) is 0 Å². The predicted octanol–water partition coefficient (Wildman–Crippen LogP) is 0.552. The summed E-state index contributed by atoms with van der Waals surface area (Å²) in [5.74, 6) is -1.01. The lowest BCUT2D eigenvalue weighted by Gasteiger charge is -2.14. The summed E-state index contributed by atoms with van der Waals surface area (Å²) < 4.78 is 0. The van der Waals surface area contributed by atoms with Gasteiger partial charge in [0.2, 0.25) is 10.9 Å². The number of carboxylic acids is 1. The third-order valence-electron chi connectivity index (χ3n) is 2.52. The van der Waals surface area contributed by atoms with Crippen LogP contribution >= 0.6 is 11.3 Å². The van der Waals surface area contributed by atoms with Gasteiger partial charge in [-0.05, 0) is 19.9 Å². The second-order valence-electron chi connectivity index (χ2n) is 4.46. The highest BCUT2D eigenvalue weighted by atomic mass is 32.1. The SMILES string of the molecule is CN(CC(=O)NC1CC1)Cc1csc(C(=O)O)n1. The van der Waals surface area contributed by atoms with Crippen LogP contribution in [0, 0.1) is 0 Å². The van der Waals surface area contributed by atoms with E-state index in [1.807, 2.05) is 11.9 Å². The molecule has 6 nitrogen and oxygen atoms in total. The molecule has 0 atom stereocenters. The Bertz CT molecular complexity index is 456. The van der Waals surface area contributed by atoms with Crippen molar-refractivity contribution in [2.24, 2.45) is 0 Å². The number of amides is 1. The molecule has 0 bridgehead atoms. The average Bonchev–Trinajstić information content (AvgIpc) is 2.93. The van der Waals surface area contributed by atoms with Crippen LogP contribution in [-0.2, 0) is 11.3 Å². The number of aromatic nitrogens is 1. The lowest BCUT2D eigenvalue weighted by molar-refractivity contribution is -0.122. The van der Waals surface area contributed by atoms with Crippen molar-refractivity contribution < 1.29 is 14.7 Å². The van der Waals surface area contributed by atoms with E-state index in [-0.39, 0.29) is 10.9 Å². The minimum absolute atomic E-state index is 0.00804. The number of hydrogen-bond acceptors (Lipinski definition) is 5. The standard InChI is InChI=1S/C11H15N3O3S/c1-14(5-9(15)12-7-2-3-7)4-8-6-18-10(13-8)11(16)17/h6-7H,2-5H2,1H3,(H,12,15)(H,16,17). The fourth-order valence-corrected chi connectivity index (χ4v) is 2.20. The van der Waals surface area contributed by atoms with Gasteiger partial charge in [0.25, 0.3) is 0 Å². The largest absolute Gasteiger partial charge is 0.476 e. The van der Waals surface area contributed by atoms with Gasteiger partial charge in [-0.2, -0.15) is 0 Å². The zero-order chi connectivity index (χ0) is 13.1. The Morgan fingerprint density at radius 1 is 1.61 bits per heavy atom. The monoisotopic (exact) mass is 269 g/mol. The first-order valence-corrected chi connectivity index (χ1v) is 6.58. The molecule has 1 heterocycles. The number of nitrogens with zero attached hydrogens (tertiary/aromatic N) is 2. The smallest absolute Gasteiger partial charge is 0.365 e. The molecule has 0 unspecified atom stereocenters. The minimum atomic E-state index is -1.01. The van der Waals surface area contributed by atoms with E-state index >= 15 is 0 Å². The number of hydrogen-bond donors (Lipinski definition) is 2. The van der Waals surface area contributed by atoms with Gasteiger partial charge in [0.15, 0.2) is 0 Å². The minimum Gasteiger partial charge on any atom is -0.476 e. The molecule has 1 aliphatic carbocycles. The van der Waals surface area contributed by atoms with Gasteiger partial charge in [0.1, 0.15) is 0 Å². The van der Waals surface area contributed by atoms with Crippen molar-refractivity contribution in [3.63, 3.8) is 0 Å². The second-order valence-corrected chi connectivity index (χ2v) is 5.32. The molecule has 1 aliphatic rings. The van der Waals surface area contributed by atoms with Crippen LogP contribution in [-0.4, -0.2) is 46.5 Å². The van der Waals surface area contributed by atoms with Gasteiger partial charge in [-0.3, -0.25) is 9.69 Å². The number of carbonyl (C=O) groups excluding carboxylic acids is 1. The Morgan fingerprint density at radius 2 is 2.33 bits per heavy atom. The van der Waals surface area contributed by atoms with E-state index in [9.17, 15) is 9.59 Å². The second kappa shape index (κ2) is 5.45. The van der Waals surface area contributed by atoms with Crippen LogP contribution in [0.3, 0.4) is 0 Å². The molecule has 0 radical (unpaired) electrons. The van der Waals surface area contributed by atoms with E-state index in [1.165, 1.54) is 0 Å². The molecular formula is C11H15N3O3S. The number of nitrogens with one attached hydrogen (secondary N) is 1. The molecule has 1 aromatic heterocycles. The molecule has 0 saturated heterocycles. The topological polar surface area (TPSA) is 82.5 Å². The molecule has 18 heavy (non-hydrogen) atoms. The zero-order valence-electron chi connectivity index (χ0n) is 10.0. The molecule has 2 rings (SSSR count). The zero-order valence-corrected chi connectivity index (χ0v) is 10.9. The lowest BCUT2D eigenvalue weighted by atomic mass is 10.4. The first-order chi connectivity index (χ1) is 8.54. The highest BCUT2D eigenvalue weighted by molar-refractivity contribution is 7.11. The van der Waals surface area contributed by atoms with E-state index in [0.717, 1.165) is 24.2 Å². The Balaban J connectivity index is 1.79. The highest BCUT2D eigenvalue weighted by Crippen LogP contribution is 2.18. The third-order valence-corrected chi connectivity index (χ3v) is 3.40. The Kier molecular flexibility index (Phi) is 3.93. The van der Waals surface area contributed by atoms with Crippen LogP contribution < -0.4 is 5.32 Å². The number of thiazole rings is 1. The van der Waals surface area contributed by atoms with Gasteiger partial charge in [0.05, 0.1) is 12.2 Å². The van der Waals surface area contributed by atoms with Gasteiger partial charge >= 0.3 is 5.97 Å². The van der Waals surface area contributed by atoms with E-state index < -0.39 is 5.97 Å². The van der Waals surface area contributed by atoms with E-state index in [1.54, 1.807) is 5.38 Å². The molecule has 7 heteroatoms. The molecule has 0 spiro atoms. The summed E-state index contributed by atoms with van der Waals surface area (Å²) in [5.41, 5.74) is 0.680. The highest BCUT2D eigenvalue weighted by Gasteiger charge is 2.23. The van der Waals surface area contributed by atoms with Crippen LogP contribution in [0.5, 0.6) is 0 Å². The maximum absolute atomic E-state index is 11.5. The molecule has 98 valence electrons. The lowest BCUT2D eigenvalue weighted by Crippen LogP contribution is -2.36. The molecule has 1 amide bonds. The summed E-state index contributed by atoms with van der Waals surface area (Å²) in [5, 5.41) is 13.4. The van der Waals surface area contributed by atoms with Crippen molar-refractivity contribution in [1.82, 2.24) is 15.2 Å². The van der Waals surface area contributed by atoms with Crippen molar-refractivity contribution in [3.8, 4) is 0 Å². The molecule has 1 aromatic rings. The van der Waals surface area contributed by atoms with E-state index in [0.29, 0.717) is 24.8 Å². The summed E-state index contributed by atoms with van der Waals surface area (Å²) in [4.78, 5) is 28.0. The Labute approximate surface area is 109 Å². The summed E-state index contributed by atoms with van der Waals surface area (Å²) in [6, 6.07) is 0.365. The molecule has 0 aromatic carbocycles. The van der Waals surface area contributed by atoms with Crippen LogP contribution in [0.1, 0.15) is 28.3 Å². The predicted molar refractivity (Wildman–Crippen MR) is 66.6 cm³/mol. The van der Waals surface area contributed by atoms with Crippen LogP contribution in [0.25, 0.3) is 0 Å². The number of likely N-dealkylation sites (N-methyl/N-ethyl adjacent to an activating group) is 1. The number of carbonyl (C=O) groups is 2. The van der Waals surface area contributed by atoms with Crippen LogP contribution in [0.4, 0.5) is 0 Å². The van der Waals surface area contributed by atoms with Crippen molar-refractivity contribution in [2.75, 3.05) is 13.6 Å². The van der Waals surface area contributed by atoms with E-state index in [4.69, 9.17) is 5.11 Å². The van der Waals surface area contributed by atoms with Crippen molar-refractivity contribution in [3.05, 3.63) is 16.1 Å². The number of aromatic carboxylic acids is 1. The fraction of sp³-hybridized carbons (Fsp3) is 0.545. The maximum Gasteiger partial charge on any atom is 0.365 e. The molecule has 1 saturated carbocycles. The molecule has 2 N–H and O–H groups in total. The summed E-state index contributed by atoms with van der Waals surface area (Å²) in [6.07, 6.45) is 2.15. The maximum atomic E-state index is 11.5. The van der Waals surface area contributed by atoms with Crippen LogP contribution in [0.2, 0.25) is 0 Å². The van der Waals surface area contributed by atoms with Crippen LogP contribution in [0.15, 0.2) is 5.38 Å². The molecular weight excluding hydrogens is 254 g/mol. The van der Waals surface area contributed by atoms with E-state index in [2.05, 4.69) is 10.3 Å². The average molecular weight is 269 g/mol. The van der Waals surface area contributed by atoms with Gasteiger partial charge in [-0.25, -0.2) is 9.78 Å². The Morgan fingerprint density at radius 3 is 2.89 bits per heavy atom. The summed E-state index contributed by atoms with van der Waals surface area (Å²) in [6.45, 7) is 0.776. The first kappa shape index (κ1) is 13.0. The first-order valence-electron chi connectivity index (χ1n) is 5.70. The number of carboxylic acid groups (broad SMARTS) is 1. The fourth-order valence-electron chi connectivity index (χ4n) is 1.56. The van der Waals surface area contributed by atoms with Gasteiger partial charge < -0.3 is 10.4 Å².